The van der Waals surface area contributed by atoms with Gasteiger partial charge < -0.3 is 9.47 Å². The highest BCUT2D eigenvalue weighted by Crippen LogP contribution is 2.46. The summed E-state index contributed by atoms with van der Waals surface area (Å²) >= 11 is 0. The molecule has 2 atom stereocenters. The Labute approximate surface area is 184 Å². The Morgan fingerprint density at radius 2 is 1.78 bits per heavy atom. The predicted octanol–water partition coefficient (Wildman–Crippen LogP) is 5.93. The lowest BCUT2D eigenvalue weighted by atomic mass is 10.0. The summed E-state index contributed by atoms with van der Waals surface area (Å²) in [5, 5.41) is 2.16. The maximum atomic E-state index is 13.9. The molecular formula is C23H25F3N2O4. The number of amides is 2. The van der Waals surface area contributed by atoms with E-state index in [0.29, 0.717) is 0 Å². The number of fused-ring (bicyclic) bond motifs is 1. The molecule has 0 saturated heterocycles. The monoisotopic (exact) mass is 450 g/mol. The summed E-state index contributed by atoms with van der Waals surface area (Å²) in [7, 11) is 0. The van der Waals surface area contributed by atoms with Gasteiger partial charge in [-0.05, 0) is 46.2 Å². The first-order chi connectivity index (χ1) is 14.8. The van der Waals surface area contributed by atoms with Crippen molar-refractivity contribution in [2.45, 2.75) is 58.5 Å². The number of carbonyl (C=O) groups excluding carboxylic acids is 2. The van der Waals surface area contributed by atoms with Crippen LogP contribution in [0.5, 0.6) is 5.75 Å². The van der Waals surface area contributed by atoms with Crippen LogP contribution >= 0.6 is 0 Å². The number of ether oxygens (including phenoxy) is 2. The van der Waals surface area contributed by atoms with Crippen LogP contribution in [-0.2, 0) is 15.7 Å². The van der Waals surface area contributed by atoms with Gasteiger partial charge in [0.05, 0.1) is 23.0 Å². The van der Waals surface area contributed by atoms with Gasteiger partial charge in [-0.15, -0.1) is 0 Å². The van der Waals surface area contributed by atoms with Crippen molar-refractivity contribution in [2.24, 2.45) is 0 Å². The maximum Gasteiger partial charge on any atom is 0.418 e. The molecule has 0 aromatic heterocycles. The topological polar surface area (TPSA) is 67.9 Å². The number of benzene rings is 2. The summed E-state index contributed by atoms with van der Waals surface area (Å²) in [6.45, 7) is 8.06. The number of hydrogen-bond acceptors (Lipinski definition) is 4. The Hall–Kier alpha value is -3.23. The largest absolute Gasteiger partial charge is 0.479 e. The van der Waals surface area contributed by atoms with Crippen molar-refractivity contribution in [1.82, 2.24) is 0 Å². The summed E-state index contributed by atoms with van der Waals surface area (Å²) in [5.41, 5.74) is -1.79. The average Bonchev–Trinajstić information content (AvgIpc) is 2.66. The fraction of sp³-hybridized carbons (Fsp3) is 0.391. The Morgan fingerprint density at radius 1 is 1.16 bits per heavy atom. The molecule has 0 spiro atoms. The molecule has 172 valence electrons. The Balaban J connectivity index is 2.10. The second-order valence-corrected chi connectivity index (χ2v) is 8.55. The normalized spacial score (nSPS) is 17.3. The molecule has 3 rings (SSSR count). The first kappa shape index (κ1) is 23.4. The maximum absolute atomic E-state index is 13.9. The van der Waals surface area contributed by atoms with Crippen LogP contribution in [0, 0.1) is 0 Å². The molecule has 0 bridgehead atoms. The third-order valence-electron chi connectivity index (χ3n) is 4.86. The first-order valence-electron chi connectivity index (χ1n) is 10.1. The minimum Gasteiger partial charge on any atom is -0.479 e. The van der Waals surface area contributed by atoms with Gasteiger partial charge in [0.25, 0.3) is 5.91 Å². The zero-order valence-corrected chi connectivity index (χ0v) is 18.4. The van der Waals surface area contributed by atoms with Crippen LogP contribution in [0.15, 0.2) is 42.5 Å². The van der Waals surface area contributed by atoms with Crippen LogP contribution < -0.4 is 15.0 Å². The molecule has 1 N–H and O–H groups in total. The standard InChI is InChI=1S/C23H25F3N2O4/c1-13(15-9-7-6-8-10-15)28-18-11-16(23(24,25)26)17(27-21(30)32-22(3,4)5)12-19(18)31-14(2)20(28)29/h6-14H,1-5H3,(H,27,30)/t13-,14+/m0/s1. The van der Waals surface area contributed by atoms with E-state index in [9.17, 15) is 22.8 Å². The third-order valence-corrected chi connectivity index (χ3v) is 4.86. The highest BCUT2D eigenvalue weighted by atomic mass is 19.4. The van der Waals surface area contributed by atoms with Gasteiger partial charge in [0, 0.05) is 6.07 Å². The number of nitrogens with one attached hydrogen (secondary N) is 1. The second-order valence-electron chi connectivity index (χ2n) is 8.55. The molecule has 32 heavy (non-hydrogen) atoms. The lowest BCUT2D eigenvalue weighted by Crippen LogP contribution is -2.45. The Morgan fingerprint density at radius 3 is 2.34 bits per heavy atom. The fourth-order valence-corrected chi connectivity index (χ4v) is 3.44. The molecule has 2 aromatic rings. The van der Waals surface area contributed by atoms with Crippen molar-refractivity contribution >= 4 is 23.4 Å². The van der Waals surface area contributed by atoms with Crippen molar-refractivity contribution in [3.63, 3.8) is 0 Å². The predicted molar refractivity (Wildman–Crippen MR) is 114 cm³/mol. The fourth-order valence-electron chi connectivity index (χ4n) is 3.44. The minimum atomic E-state index is -4.80. The number of anilines is 2. The SMILES string of the molecule is C[C@H]1Oc2cc(NC(=O)OC(C)(C)C)c(C(F)(F)F)cc2N([C@@H](C)c2ccccc2)C1=O. The number of alkyl halides is 3. The molecule has 9 heteroatoms. The molecule has 0 unspecified atom stereocenters. The summed E-state index contributed by atoms with van der Waals surface area (Å²) in [4.78, 5) is 26.4. The lowest BCUT2D eigenvalue weighted by molar-refractivity contribution is -0.137. The Bertz CT molecular complexity index is 1020. The van der Waals surface area contributed by atoms with Crippen molar-refractivity contribution in [1.29, 1.82) is 0 Å². The van der Waals surface area contributed by atoms with Crippen LogP contribution in [0.3, 0.4) is 0 Å². The smallest absolute Gasteiger partial charge is 0.418 e. The van der Waals surface area contributed by atoms with Crippen LogP contribution in [0.1, 0.15) is 51.8 Å². The van der Waals surface area contributed by atoms with Gasteiger partial charge >= 0.3 is 12.3 Å². The molecule has 6 nitrogen and oxygen atoms in total. The van der Waals surface area contributed by atoms with Gasteiger partial charge in [0.15, 0.2) is 6.10 Å². The highest BCUT2D eigenvalue weighted by Gasteiger charge is 2.41. The van der Waals surface area contributed by atoms with Crippen molar-refractivity contribution in [2.75, 3.05) is 10.2 Å². The molecule has 0 radical (unpaired) electrons. The lowest BCUT2D eigenvalue weighted by Gasteiger charge is -2.38. The van der Waals surface area contributed by atoms with Gasteiger partial charge in [-0.2, -0.15) is 13.2 Å². The molecule has 2 aromatic carbocycles. The van der Waals surface area contributed by atoms with E-state index in [-0.39, 0.29) is 11.4 Å². The first-order valence-corrected chi connectivity index (χ1v) is 10.1. The number of rotatable bonds is 3. The van der Waals surface area contributed by atoms with Crippen molar-refractivity contribution < 1.29 is 32.2 Å². The summed E-state index contributed by atoms with van der Waals surface area (Å²) in [5.74, 6) is -0.409. The van der Waals surface area contributed by atoms with E-state index in [1.54, 1.807) is 52.0 Å². The van der Waals surface area contributed by atoms with Crippen LogP contribution in [0.25, 0.3) is 0 Å². The van der Waals surface area contributed by atoms with Crippen molar-refractivity contribution in [3.05, 3.63) is 53.6 Å². The van der Waals surface area contributed by atoms with Gasteiger partial charge in [0.1, 0.15) is 11.4 Å². The summed E-state index contributed by atoms with van der Waals surface area (Å²) in [6, 6.07) is 10.3. The van der Waals surface area contributed by atoms with E-state index >= 15 is 0 Å². The van der Waals surface area contributed by atoms with Gasteiger partial charge in [-0.1, -0.05) is 30.3 Å². The molecule has 1 heterocycles. The molecule has 1 aliphatic heterocycles. The number of carbonyl (C=O) groups is 2. The Kier molecular flexibility index (Phi) is 6.13. The van der Waals surface area contributed by atoms with E-state index in [0.717, 1.165) is 17.7 Å². The van der Waals surface area contributed by atoms with E-state index in [4.69, 9.17) is 9.47 Å². The average molecular weight is 450 g/mol. The summed E-state index contributed by atoms with van der Waals surface area (Å²) in [6.07, 6.45) is -6.75. The number of hydrogen-bond donors (Lipinski definition) is 1. The zero-order valence-electron chi connectivity index (χ0n) is 18.4. The second kappa shape index (κ2) is 8.37. The van der Waals surface area contributed by atoms with E-state index in [1.807, 2.05) is 6.07 Å². The summed E-state index contributed by atoms with van der Waals surface area (Å²) < 4.78 is 52.4. The van der Waals surface area contributed by atoms with Crippen LogP contribution in [0.2, 0.25) is 0 Å². The van der Waals surface area contributed by atoms with Crippen molar-refractivity contribution in [3.8, 4) is 5.75 Å². The molecule has 1 aliphatic rings. The molecule has 0 aliphatic carbocycles. The molecular weight excluding hydrogens is 425 g/mol. The quantitative estimate of drug-likeness (QED) is 0.630. The van der Waals surface area contributed by atoms with E-state index in [1.165, 1.54) is 11.8 Å². The number of nitrogens with zero attached hydrogens (tertiary/aromatic N) is 1. The minimum absolute atomic E-state index is 0.0217. The number of halogens is 3. The van der Waals surface area contributed by atoms with Gasteiger partial charge in [0.2, 0.25) is 0 Å². The van der Waals surface area contributed by atoms with Gasteiger partial charge in [-0.25, -0.2) is 4.79 Å². The highest BCUT2D eigenvalue weighted by molar-refractivity contribution is 6.01. The molecule has 0 saturated carbocycles. The van der Waals surface area contributed by atoms with E-state index < -0.39 is 47.2 Å². The van der Waals surface area contributed by atoms with Gasteiger partial charge in [-0.3, -0.25) is 15.0 Å². The zero-order chi connectivity index (χ0) is 23.8. The third kappa shape index (κ3) is 4.98. The van der Waals surface area contributed by atoms with E-state index in [2.05, 4.69) is 5.32 Å². The molecule has 2 amide bonds. The molecule has 0 fully saturated rings. The van der Waals surface area contributed by atoms with Crippen LogP contribution in [0.4, 0.5) is 29.3 Å². The van der Waals surface area contributed by atoms with Crippen LogP contribution in [-0.4, -0.2) is 23.7 Å².